The normalized spacial score (nSPS) is 24.9. The number of cyclic esters (lactones) is 1. The molecule has 4 nitrogen and oxygen atoms in total. The van der Waals surface area contributed by atoms with Crippen molar-refractivity contribution < 1.29 is 19.1 Å². The summed E-state index contributed by atoms with van der Waals surface area (Å²) in [5, 5.41) is 0. The lowest BCUT2D eigenvalue weighted by molar-refractivity contribution is -0.142. The number of esters is 1. The SMILES string of the molecule is CC1=COC(=O)C(/C=C(\C)CCCC(C)C2=CC(=O)C(C)(C)O2)C1. The minimum absolute atomic E-state index is 0.0414. The van der Waals surface area contributed by atoms with Crippen LogP contribution >= 0.6 is 0 Å². The number of rotatable bonds is 6. The molecule has 132 valence electrons. The standard InChI is InChI=1S/C20H28O4/c1-13(9-16-10-14(2)12-23-19(16)22)7-6-8-15(3)17-11-18(21)20(4,5)24-17/h9,11-12,15-16H,6-8,10H2,1-5H3/b13-9+. The monoisotopic (exact) mass is 332 g/mol. The Morgan fingerprint density at radius 2 is 2.12 bits per heavy atom. The van der Waals surface area contributed by atoms with E-state index in [1.807, 2.05) is 13.0 Å². The van der Waals surface area contributed by atoms with E-state index in [4.69, 9.17) is 9.47 Å². The Balaban J connectivity index is 1.80. The molecular formula is C20H28O4. The highest BCUT2D eigenvalue weighted by Gasteiger charge is 2.36. The van der Waals surface area contributed by atoms with E-state index < -0.39 is 5.60 Å². The van der Waals surface area contributed by atoms with Gasteiger partial charge in [-0.1, -0.05) is 18.6 Å². The molecule has 2 unspecified atom stereocenters. The zero-order valence-corrected chi connectivity index (χ0v) is 15.3. The van der Waals surface area contributed by atoms with Gasteiger partial charge in [-0.15, -0.1) is 0 Å². The Bertz CT molecular complexity index is 607. The zero-order valence-electron chi connectivity index (χ0n) is 15.3. The second-order valence-corrected chi connectivity index (χ2v) is 7.54. The third-order valence-electron chi connectivity index (χ3n) is 4.64. The first-order valence-corrected chi connectivity index (χ1v) is 8.67. The third kappa shape index (κ3) is 4.59. The number of ketones is 1. The molecule has 2 aliphatic heterocycles. The van der Waals surface area contributed by atoms with Crippen LogP contribution in [0.5, 0.6) is 0 Å². The smallest absolute Gasteiger partial charge is 0.317 e. The Morgan fingerprint density at radius 1 is 1.42 bits per heavy atom. The average Bonchev–Trinajstić information content (AvgIpc) is 2.77. The van der Waals surface area contributed by atoms with Crippen molar-refractivity contribution in [3.05, 3.63) is 35.3 Å². The van der Waals surface area contributed by atoms with Crippen molar-refractivity contribution in [2.24, 2.45) is 11.8 Å². The molecule has 2 atom stereocenters. The van der Waals surface area contributed by atoms with E-state index in [1.54, 1.807) is 26.2 Å². The van der Waals surface area contributed by atoms with Crippen molar-refractivity contribution in [1.82, 2.24) is 0 Å². The Kier molecular flexibility index (Phi) is 5.68. The number of allylic oxidation sites excluding steroid dienone is 3. The minimum Gasteiger partial charge on any atom is -0.484 e. The van der Waals surface area contributed by atoms with Gasteiger partial charge in [0, 0.05) is 12.0 Å². The maximum absolute atomic E-state index is 11.8. The van der Waals surface area contributed by atoms with Crippen molar-refractivity contribution >= 4 is 11.8 Å². The average molecular weight is 332 g/mol. The van der Waals surface area contributed by atoms with E-state index in [0.29, 0.717) is 0 Å². The molecule has 0 saturated heterocycles. The summed E-state index contributed by atoms with van der Waals surface area (Å²) in [5.41, 5.74) is 1.58. The molecule has 0 amide bonds. The van der Waals surface area contributed by atoms with E-state index >= 15 is 0 Å². The van der Waals surface area contributed by atoms with Gasteiger partial charge in [0.05, 0.1) is 12.2 Å². The molecule has 2 rings (SSSR count). The summed E-state index contributed by atoms with van der Waals surface area (Å²) in [6, 6.07) is 0. The predicted octanol–water partition coefficient (Wildman–Crippen LogP) is 4.47. The summed E-state index contributed by atoms with van der Waals surface area (Å²) in [7, 11) is 0. The number of carbonyl (C=O) groups is 2. The molecule has 0 aliphatic carbocycles. The fourth-order valence-electron chi connectivity index (χ4n) is 3.03. The maximum Gasteiger partial charge on any atom is 0.317 e. The molecular weight excluding hydrogens is 304 g/mol. The molecule has 0 bridgehead atoms. The van der Waals surface area contributed by atoms with Gasteiger partial charge in [-0.25, -0.2) is 0 Å². The quantitative estimate of drug-likeness (QED) is 0.532. The molecule has 0 aromatic heterocycles. The van der Waals surface area contributed by atoms with E-state index in [1.165, 1.54) is 5.57 Å². The topological polar surface area (TPSA) is 52.6 Å². The number of hydrogen-bond acceptors (Lipinski definition) is 4. The number of ether oxygens (including phenoxy) is 2. The lowest BCUT2D eigenvalue weighted by atomic mass is 9.94. The van der Waals surface area contributed by atoms with Gasteiger partial charge in [-0.05, 0) is 59.0 Å². The molecule has 0 spiro atoms. The van der Waals surface area contributed by atoms with Crippen molar-refractivity contribution in [3.63, 3.8) is 0 Å². The van der Waals surface area contributed by atoms with Crippen LogP contribution in [0.15, 0.2) is 35.3 Å². The number of carbonyl (C=O) groups excluding carboxylic acids is 2. The summed E-state index contributed by atoms with van der Waals surface area (Å²) in [5.74, 6) is 0.738. The van der Waals surface area contributed by atoms with Gasteiger partial charge < -0.3 is 9.47 Å². The lowest BCUT2D eigenvalue weighted by Gasteiger charge is -2.21. The van der Waals surface area contributed by atoms with Crippen LogP contribution < -0.4 is 0 Å². The van der Waals surface area contributed by atoms with Crippen molar-refractivity contribution in [1.29, 1.82) is 0 Å². The van der Waals surface area contributed by atoms with Crippen molar-refractivity contribution in [3.8, 4) is 0 Å². The summed E-state index contributed by atoms with van der Waals surface area (Å²) >= 11 is 0. The highest BCUT2D eigenvalue weighted by Crippen LogP contribution is 2.31. The van der Waals surface area contributed by atoms with E-state index in [2.05, 4.69) is 13.8 Å². The van der Waals surface area contributed by atoms with Gasteiger partial charge in [0.25, 0.3) is 0 Å². The second kappa shape index (κ2) is 7.37. The van der Waals surface area contributed by atoms with Crippen LogP contribution in [0.4, 0.5) is 0 Å². The van der Waals surface area contributed by atoms with Crippen LogP contribution in [0.2, 0.25) is 0 Å². The van der Waals surface area contributed by atoms with Crippen LogP contribution in [0.1, 0.15) is 60.3 Å². The predicted molar refractivity (Wildman–Crippen MR) is 93.0 cm³/mol. The van der Waals surface area contributed by atoms with Crippen molar-refractivity contribution in [2.75, 3.05) is 0 Å². The molecule has 0 aromatic rings. The molecule has 0 saturated carbocycles. The largest absolute Gasteiger partial charge is 0.484 e. The molecule has 0 aromatic carbocycles. The van der Waals surface area contributed by atoms with Crippen LogP contribution in [0.25, 0.3) is 0 Å². The Morgan fingerprint density at radius 3 is 2.75 bits per heavy atom. The van der Waals surface area contributed by atoms with Gasteiger partial charge in [0.15, 0.2) is 5.60 Å². The summed E-state index contributed by atoms with van der Waals surface area (Å²) in [6.07, 6.45) is 8.83. The first kappa shape index (κ1) is 18.5. The molecule has 0 radical (unpaired) electrons. The minimum atomic E-state index is -0.716. The zero-order chi connectivity index (χ0) is 17.9. The highest BCUT2D eigenvalue weighted by atomic mass is 16.5. The van der Waals surface area contributed by atoms with Gasteiger partial charge in [-0.3, -0.25) is 9.59 Å². The van der Waals surface area contributed by atoms with Crippen LogP contribution in [-0.2, 0) is 19.1 Å². The fraction of sp³-hybridized carbons (Fsp3) is 0.600. The van der Waals surface area contributed by atoms with Gasteiger partial charge >= 0.3 is 5.97 Å². The second-order valence-electron chi connectivity index (χ2n) is 7.54. The molecule has 0 N–H and O–H groups in total. The maximum atomic E-state index is 11.8. The lowest BCUT2D eigenvalue weighted by Crippen LogP contribution is -2.28. The summed E-state index contributed by atoms with van der Waals surface area (Å²) in [4.78, 5) is 23.6. The van der Waals surface area contributed by atoms with Crippen molar-refractivity contribution in [2.45, 2.75) is 65.9 Å². The fourth-order valence-corrected chi connectivity index (χ4v) is 3.03. The molecule has 2 aliphatic rings. The first-order chi connectivity index (χ1) is 11.2. The molecule has 24 heavy (non-hydrogen) atoms. The van der Waals surface area contributed by atoms with E-state index in [9.17, 15) is 9.59 Å². The van der Waals surface area contributed by atoms with E-state index in [0.717, 1.165) is 37.0 Å². The molecule has 2 heterocycles. The van der Waals surface area contributed by atoms with Gasteiger partial charge in [0.1, 0.15) is 5.76 Å². The van der Waals surface area contributed by atoms with Crippen LogP contribution in [0, 0.1) is 11.8 Å². The molecule has 0 fully saturated rings. The van der Waals surface area contributed by atoms with Gasteiger partial charge in [-0.2, -0.15) is 0 Å². The Labute approximate surface area is 144 Å². The summed E-state index contributed by atoms with van der Waals surface area (Å²) < 4.78 is 10.8. The first-order valence-electron chi connectivity index (χ1n) is 8.67. The van der Waals surface area contributed by atoms with Crippen LogP contribution in [-0.4, -0.2) is 17.4 Å². The molecule has 4 heteroatoms. The number of hydrogen-bond donors (Lipinski definition) is 0. The van der Waals surface area contributed by atoms with Gasteiger partial charge in [0.2, 0.25) is 5.78 Å². The van der Waals surface area contributed by atoms with Crippen LogP contribution in [0.3, 0.4) is 0 Å². The highest BCUT2D eigenvalue weighted by molar-refractivity contribution is 5.98. The van der Waals surface area contributed by atoms with E-state index in [-0.39, 0.29) is 23.6 Å². The third-order valence-corrected chi connectivity index (χ3v) is 4.64. The Hall–Kier alpha value is -1.84. The summed E-state index contributed by atoms with van der Waals surface area (Å²) in [6.45, 7) is 9.73.